The molecule has 0 bridgehead atoms. The highest BCUT2D eigenvalue weighted by molar-refractivity contribution is 4.68. The summed E-state index contributed by atoms with van der Waals surface area (Å²) in [5.74, 6) is 1.67. The van der Waals surface area contributed by atoms with Gasteiger partial charge in [-0.1, -0.05) is 52.4 Å². The van der Waals surface area contributed by atoms with Gasteiger partial charge < -0.3 is 0 Å². The molecular formula is C11H21. The summed E-state index contributed by atoms with van der Waals surface area (Å²) < 4.78 is 0. The minimum atomic E-state index is 0.665. The maximum absolute atomic E-state index is 4.06. The van der Waals surface area contributed by atoms with E-state index in [1.54, 1.807) is 0 Å². The molecule has 0 nitrogen and oxygen atoms in total. The number of hydrogen-bond donors (Lipinski definition) is 0. The fourth-order valence-electron chi connectivity index (χ4n) is 2.17. The summed E-state index contributed by atoms with van der Waals surface area (Å²) in [4.78, 5) is 0. The van der Waals surface area contributed by atoms with Gasteiger partial charge in [0.2, 0.25) is 0 Å². The standard InChI is InChI=1S/C11H21/c1-10(2)9-11-7-5-3-4-6-8-11/h10-11H,1,3-9H2,2H3. The van der Waals surface area contributed by atoms with Crippen LogP contribution in [0.5, 0.6) is 0 Å². The maximum Gasteiger partial charge on any atom is -0.0412 e. The van der Waals surface area contributed by atoms with Crippen molar-refractivity contribution in [2.45, 2.75) is 51.9 Å². The zero-order valence-corrected chi connectivity index (χ0v) is 7.81. The van der Waals surface area contributed by atoms with Crippen LogP contribution >= 0.6 is 0 Å². The van der Waals surface area contributed by atoms with E-state index in [1.165, 1.54) is 44.9 Å². The van der Waals surface area contributed by atoms with E-state index in [-0.39, 0.29) is 0 Å². The molecule has 0 aromatic heterocycles. The summed E-state index contributed by atoms with van der Waals surface area (Å²) in [6.45, 7) is 6.30. The Morgan fingerprint density at radius 3 is 2.18 bits per heavy atom. The van der Waals surface area contributed by atoms with Crippen molar-refractivity contribution in [3.05, 3.63) is 6.92 Å². The lowest BCUT2D eigenvalue weighted by molar-refractivity contribution is 0.386. The first-order chi connectivity index (χ1) is 5.29. The Bertz CT molecular complexity index is 86.2. The summed E-state index contributed by atoms with van der Waals surface area (Å²) in [6, 6.07) is 0. The molecule has 1 aliphatic carbocycles. The van der Waals surface area contributed by atoms with Crippen molar-refractivity contribution >= 4 is 0 Å². The third kappa shape index (κ3) is 3.79. The molecule has 1 fully saturated rings. The second-order valence-electron chi connectivity index (χ2n) is 4.20. The Balaban J connectivity index is 2.20. The van der Waals surface area contributed by atoms with Gasteiger partial charge in [-0.25, -0.2) is 0 Å². The molecular weight excluding hydrogens is 132 g/mol. The van der Waals surface area contributed by atoms with E-state index >= 15 is 0 Å². The van der Waals surface area contributed by atoms with Crippen LogP contribution < -0.4 is 0 Å². The van der Waals surface area contributed by atoms with Crippen LogP contribution in [0.15, 0.2) is 0 Å². The summed E-state index contributed by atoms with van der Waals surface area (Å²) in [7, 11) is 0. The lowest BCUT2D eigenvalue weighted by Crippen LogP contribution is -2.02. The van der Waals surface area contributed by atoms with Crippen LogP contribution in [0.1, 0.15) is 51.9 Å². The molecule has 0 N–H and O–H groups in total. The van der Waals surface area contributed by atoms with Crippen molar-refractivity contribution in [2.75, 3.05) is 0 Å². The van der Waals surface area contributed by atoms with Gasteiger partial charge in [0.05, 0.1) is 0 Å². The third-order valence-corrected chi connectivity index (χ3v) is 2.71. The maximum atomic E-state index is 4.06. The van der Waals surface area contributed by atoms with Crippen LogP contribution in [0.2, 0.25) is 0 Å². The van der Waals surface area contributed by atoms with Gasteiger partial charge in [0.25, 0.3) is 0 Å². The predicted octanol–water partition coefficient (Wildman–Crippen LogP) is 3.82. The van der Waals surface area contributed by atoms with E-state index < -0.39 is 0 Å². The lowest BCUT2D eigenvalue weighted by Gasteiger charge is -2.15. The van der Waals surface area contributed by atoms with Gasteiger partial charge in [0, 0.05) is 0 Å². The first-order valence-electron chi connectivity index (χ1n) is 5.12. The average Bonchev–Trinajstić information content (AvgIpc) is 2.14. The highest BCUT2D eigenvalue weighted by atomic mass is 14.2. The zero-order chi connectivity index (χ0) is 8.10. The van der Waals surface area contributed by atoms with Crippen LogP contribution in [0.25, 0.3) is 0 Å². The van der Waals surface area contributed by atoms with Gasteiger partial charge in [-0.05, 0) is 18.3 Å². The van der Waals surface area contributed by atoms with Crippen molar-refractivity contribution < 1.29 is 0 Å². The van der Waals surface area contributed by atoms with Crippen molar-refractivity contribution in [2.24, 2.45) is 11.8 Å². The van der Waals surface area contributed by atoms with Crippen molar-refractivity contribution in [3.8, 4) is 0 Å². The van der Waals surface area contributed by atoms with Gasteiger partial charge in [-0.15, -0.1) is 0 Å². The Hall–Kier alpha value is 0. The van der Waals surface area contributed by atoms with Gasteiger partial charge in [0.15, 0.2) is 0 Å². The normalized spacial score (nSPS) is 22.1. The van der Waals surface area contributed by atoms with Crippen molar-refractivity contribution in [3.63, 3.8) is 0 Å². The molecule has 1 atom stereocenters. The molecule has 0 heteroatoms. The molecule has 0 saturated heterocycles. The largest absolute Gasteiger partial charge is 0.0625 e. The summed E-state index contributed by atoms with van der Waals surface area (Å²) >= 11 is 0. The highest BCUT2D eigenvalue weighted by Crippen LogP contribution is 2.27. The van der Waals surface area contributed by atoms with Gasteiger partial charge >= 0.3 is 0 Å². The van der Waals surface area contributed by atoms with Gasteiger partial charge in [0.1, 0.15) is 0 Å². The highest BCUT2D eigenvalue weighted by Gasteiger charge is 2.12. The van der Waals surface area contributed by atoms with Crippen LogP contribution in [-0.4, -0.2) is 0 Å². The molecule has 0 aromatic carbocycles. The topological polar surface area (TPSA) is 0 Å². The Labute approximate surface area is 71.4 Å². The molecule has 0 aliphatic heterocycles. The first-order valence-corrected chi connectivity index (χ1v) is 5.12. The minimum absolute atomic E-state index is 0.665. The van der Waals surface area contributed by atoms with E-state index in [0.717, 1.165) is 5.92 Å². The molecule has 1 rings (SSSR count). The molecule has 0 heterocycles. The average molecular weight is 153 g/mol. The van der Waals surface area contributed by atoms with E-state index in [0.29, 0.717) is 5.92 Å². The summed E-state index contributed by atoms with van der Waals surface area (Å²) in [5, 5.41) is 0. The molecule has 1 unspecified atom stereocenters. The van der Waals surface area contributed by atoms with Crippen molar-refractivity contribution in [1.29, 1.82) is 0 Å². The quantitative estimate of drug-likeness (QED) is 0.529. The lowest BCUT2D eigenvalue weighted by atomic mass is 9.91. The fraction of sp³-hybridized carbons (Fsp3) is 0.909. The van der Waals surface area contributed by atoms with Gasteiger partial charge in [-0.3, -0.25) is 0 Å². The zero-order valence-electron chi connectivity index (χ0n) is 7.81. The Morgan fingerprint density at radius 1 is 1.18 bits per heavy atom. The van der Waals surface area contributed by atoms with E-state index in [9.17, 15) is 0 Å². The monoisotopic (exact) mass is 153 g/mol. The Morgan fingerprint density at radius 2 is 1.73 bits per heavy atom. The minimum Gasteiger partial charge on any atom is -0.0625 e. The third-order valence-electron chi connectivity index (χ3n) is 2.71. The predicted molar refractivity (Wildman–Crippen MR) is 50.3 cm³/mol. The molecule has 1 aliphatic rings. The number of hydrogen-bond acceptors (Lipinski definition) is 0. The number of rotatable bonds is 2. The smallest absolute Gasteiger partial charge is 0.0412 e. The van der Waals surface area contributed by atoms with E-state index in [1.807, 2.05) is 0 Å². The molecule has 0 spiro atoms. The van der Waals surface area contributed by atoms with E-state index in [4.69, 9.17) is 0 Å². The SMILES string of the molecule is [CH2]C(C)CC1CCCCCC1. The second kappa shape index (κ2) is 4.79. The first kappa shape index (κ1) is 9.09. The second-order valence-corrected chi connectivity index (χ2v) is 4.20. The molecule has 0 amide bonds. The van der Waals surface area contributed by atoms with Crippen LogP contribution in [-0.2, 0) is 0 Å². The van der Waals surface area contributed by atoms with Crippen LogP contribution in [0, 0.1) is 18.8 Å². The van der Waals surface area contributed by atoms with Gasteiger partial charge in [-0.2, -0.15) is 0 Å². The molecule has 0 aromatic rings. The Kier molecular flexibility index (Phi) is 3.96. The fourth-order valence-corrected chi connectivity index (χ4v) is 2.17. The summed E-state index contributed by atoms with van der Waals surface area (Å²) in [5.41, 5.74) is 0. The van der Waals surface area contributed by atoms with Crippen LogP contribution in [0.3, 0.4) is 0 Å². The molecule has 1 saturated carbocycles. The molecule has 65 valence electrons. The molecule has 1 radical (unpaired) electrons. The van der Waals surface area contributed by atoms with E-state index in [2.05, 4.69) is 13.8 Å². The molecule has 11 heavy (non-hydrogen) atoms. The summed E-state index contributed by atoms with van der Waals surface area (Å²) in [6.07, 6.45) is 10.2. The van der Waals surface area contributed by atoms with Crippen molar-refractivity contribution in [1.82, 2.24) is 0 Å². The van der Waals surface area contributed by atoms with Crippen LogP contribution in [0.4, 0.5) is 0 Å².